The highest BCUT2D eigenvalue weighted by Crippen LogP contribution is 2.18. The molecule has 2 N–H and O–H groups in total. The summed E-state index contributed by atoms with van der Waals surface area (Å²) in [5.41, 5.74) is 1.95. The number of amides is 1. The quantitative estimate of drug-likeness (QED) is 0.816. The third-order valence-corrected chi connectivity index (χ3v) is 4.32. The number of nitrogens with zero attached hydrogens (tertiary/aromatic N) is 1. The summed E-state index contributed by atoms with van der Waals surface area (Å²) in [5, 5.41) is 12.9. The Hall–Kier alpha value is -2.60. The molecule has 1 aliphatic rings. The van der Waals surface area contributed by atoms with E-state index in [9.17, 15) is 9.90 Å². The van der Waals surface area contributed by atoms with Gasteiger partial charge in [0.2, 0.25) is 0 Å². The largest absolute Gasteiger partial charge is 0.508 e. The minimum absolute atomic E-state index is 0.0381. The maximum absolute atomic E-state index is 12.6. The topological polar surface area (TPSA) is 61.8 Å². The van der Waals surface area contributed by atoms with E-state index in [-0.39, 0.29) is 17.7 Å². The monoisotopic (exact) mass is 342 g/mol. The molecule has 0 spiro atoms. The first-order valence-electron chi connectivity index (χ1n) is 7.59. The number of thiocarbonyl (C=S) groups is 1. The number of ether oxygens (including phenoxy) is 1. The van der Waals surface area contributed by atoms with Gasteiger partial charge in [0.15, 0.2) is 5.11 Å². The number of nitrogens with one attached hydrogen (secondary N) is 1. The zero-order valence-corrected chi connectivity index (χ0v) is 14.0. The van der Waals surface area contributed by atoms with Crippen molar-refractivity contribution in [3.63, 3.8) is 0 Å². The van der Waals surface area contributed by atoms with Crippen LogP contribution < -0.4 is 10.1 Å². The normalized spacial score (nSPS) is 17.0. The Morgan fingerprint density at radius 1 is 1.12 bits per heavy atom. The molecule has 5 nitrogen and oxygen atoms in total. The van der Waals surface area contributed by atoms with Crippen molar-refractivity contribution in [1.82, 2.24) is 10.2 Å². The van der Waals surface area contributed by atoms with Gasteiger partial charge in [-0.1, -0.05) is 24.3 Å². The molecule has 1 heterocycles. The van der Waals surface area contributed by atoms with Crippen molar-refractivity contribution in [1.29, 1.82) is 0 Å². The van der Waals surface area contributed by atoms with Crippen LogP contribution in [0.25, 0.3) is 0 Å². The number of aromatic hydroxyl groups is 1. The number of hydrogen-bond donors (Lipinski definition) is 2. The lowest BCUT2D eigenvalue weighted by molar-refractivity contribution is -0.127. The van der Waals surface area contributed by atoms with Crippen molar-refractivity contribution in [2.75, 3.05) is 7.11 Å². The Labute approximate surface area is 145 Å². The molecule has 3 rings (SSSR count). The van der Waals surface area contributed by atoms with Crippen molar-refractivity contribution in [2.45, 2.75) is 19.0 Å². The van der Waals surface area contributed by atoms with Gasteiger partial charge in [0, 0.05) is 6.42 Å². The molecule has 24 heavy (non-hydrogen) atoms. The number of phenols is 1. The van der Waals surface area contributed by atoms with Gasteiger partial charge in [-0.05, 0) is 47.6 Å². The Morgan fingerprint density at radius 3 is 2.38 bits per heavy atom. The minimum atomic E-state index is -0.375. The molecule has 0 saturated carbocycles. The fourth-order valence-electron chi connectivity index (χ4n) is 2.65. The number of carbonyl (C=O) groups is 1. The van der Waals surface area contributed by atoms with E-state index in [1.807, 2.05) is 24.3 Å². The van der Waals surface area contributed by atoms with Crippen LogP contribution in [0.1, 0.15) is 11.1 Å². The molecule has 2 aromatic rings. The summed E-state index contributed by atoms with van der Waals surface area (Å²) < 4.78 is 5.14. The van der Waals surface area contributed by atoms with Crippen LogP contribution in [0, 0.1) is 0 Å². The average Bonchev–Trinajstić information content (AvgIpc) is 2.85. The van der Waals surface area contributed by atoms with E-state index in [0.29, 0.717) is 18.1 Å². The lowest BCUT2D eigenvalue weighted by atomic mass is 10.1. The first-order chi connectivity index (χ1) is 11.6. The molecular formula is C18H18N2O3S. The van der Waals surface area contributed by atoms with Crippen molar-refractivity contribution in [2.24, 2.45) is 0 Å². The lowest BCUT2D eigenvalue weighted by Gasteiger charge is -2.15. The maximum Gasteiger partial charge on any atom is 0.251 e. The highest BCUT2D eigenvalue weighted by Gasteiger charge is 2.35. The number of hydrogen-bond acceptors (Lipinski definition) is 4. The summed E-state index contributed by atoms with van der Waals surface area (Å²) in [6.07, 6.45) is 0.526. The lowest BCUT2D eigenvalue weighted by Crippen LogP contribution is -2.32. The minimum Gasteiger partial charge on any atom is -0.508 e. The highest BCUT2D eigenvalue weighted by molar-refractivity contribution is 7.80. The summed E-state index contributed by atoms with van der Waals surface area (Å²) >= 11 is 5.31. The van der Waals surface area contributed by atoms with Gasteiger partial charge in [-0.3, -0.25) is 9.69 Å². The number of carbonyl (C=O) groups excluding carboxylic acids is 1. The molecular weight excluding hydrogens is 324 g/mol. The second-order valence-electron chi connectivity index (χ2n) is 5.65. The van der Waals surface area contributed by atoms with Crippen molar-refractivity contribution >= 4 is 23.2 Å². The Bertz CT molecular complexity index is 744. The predicted molar refractivity (Wildman–Crippen MR) is 94.9 cm³/mol. The predicted octanol–water partition coefficient (Wildman–Crippen LogP) is 2.23. The smallest absolute Gasteiger partial charge is 0.251 e. The Morgan fingerprint density at radius 2 is 1.75 bits per heavy atom. The molecule has 2 aromatic carbocycles. The van der Waals surface area contributed by atoms with Crippen LogP contribution in [0.2, 0.25) is 0 Å². The fourth-order valence-corrected chi connectivity index (χ4v) is 2.94. The van der Waals surface area contributed by atoms with Gasteiger partial charge >= 0.3 is 0 Å². The van der Waals surface area contributed by atoms with Crippen LogP contribution in [0.15, 0.2) is 48.5 Å². The van der Waals surface area contributed by atoms with Gasteiger partial charge < -0.3 is 15.2 Å². The van der Waals surface area contributed by atoms with E-state index in [2.05, 4.69) is 5.32 Å². The van der Waals surface area contributed by atoms with Crippen LogP contribution in [0.4, 0.5) is 0 Å². The van der Waals surface area contributed by atoms with Gasteiger partial charge in [-0.15, -0.1) is 0 Å². The third kappa shape index (κ3) is 3.49. The van der Waals surface area contributed by atoms with Gasteiger partial charge in [-0.2, -0.15) is 0 Å². The molecule has 6 heteroatoms. The molecule has 0 unspecified atom stereocenters. The van der Waals surface area contributed by atoms with Crippen LogP contribution in [-0.2, 0) is 17.8 Å². The Kier molecular flexibility index (Phi) is 4.66. The first-order valence-corrected chi connectivity index (χ1v) is 8.00. The molecule has 0 radical (unpaired) electrons. The summed E-state index contributed by atoms with van der Waals surface area (Å²) in [5.74, 6) is 0.947. The number of rotatable bonds is 5. The fraction of sp³-hybridized carbons (Fsp3) is 0.222. The van der Waals surface area contributed by atoms with E-state index >= 15 is 0 Å². The highest BCUT2D eigenvalue weighted by atomic mass is 32.1. The SMILES string of the molecule is COc1ccc(CN2C(=O)[C@H](Cc3ccc(O)cc3)NC2=S)cc1. The van der Waals surface area contributed by atoms with Gasteiger partial charge in [-0.25, -0.2) is 0 Å². The van der Waals surface area contributed by atoms with E-state index in [0.717, 1.165) is 16.9 Å². The molecule has 1 amide bonds. The summed E-state index contributed by atoms with van der Waals surface area (Å²) in [7, 11) is 1.62. The molecule has 1 aliphatic heterocycles. The summed E-state index contributed by atoms with van der Waals surface area (Å²) in [4.78, 5) is 14.2. The average molecular weight is 342 g/mol. The van der Waals surface area contributed by atoms with Gasteiger partial charge in [0.25, 0.3) is 5.91 Å². The number of methoxy groups -OCH3 is 1. The van der Waals surface area contributed by atoms with E-state index < -0.39 is 0 Å². The zero-order valence-electron chi connectivity index (χ0n) is 13.2. The van der Waals surface area contributed by atoms with E-state index in [1.54, 1.807) is 36.3 Å². The number of phenolic OH excluding ortho intramolecular Hbond substituents is 1. The van der Waals surface area contributed by atoms with Gasteiger partial charge in [0.05, 0.1) is 13.7 Å². The van der Waals surface area contributed by atoms with E-state index in [1.165, 1.54) is 0 Å². The second-order valence-corrected chi connectivity index (χ2v) is 6.03. The van der Waals surface area contributed by atoms with Crippen molar-refractivity contribution in [3.05, 3.63) is 59.7 Å². The molecule has 0 aliphatic carbocycles. The molecule has 0 bridgehead atoms. The molecule has 1 atom stereocenters. The summed E-state index contributed by atoms with van der Waals surface area (Å²) in [6, 6.07) is 14.0. The van der Waals surface area contributed by atoms with Crippen LogP contribution >= 0.6 is 12.2 Å². The zero-order chi connectivity index (χ0) is 17.1. The molecule has 1 saturated heterocycles. The van der Waals surface area contributed by atoms with E-state index in [4.69, 9.17) is 17.0 Å². The van der Waals surface area contributed by atoms with Crippen molar-refractivity contribution in [3.8, 4) is 11.5 Å². The standard InChI is InChI=1S/C18H18N2O3S/c1-23-15-8-4-13(5-9-15)11-20-17(22)16(19-18(20)24)10-12-2-6-14(21)7-3-12/h2-9,16,21H,10-11H2,1H3,(H,19,24)/t16-/m0/s1. The maximum atomic E-state index is 12.6. The third-order valence-electron chi connectivity index (χ3n) is 3.98. The van der Waals surface area contributed by atoms with Crippen LogP contribution in [0.3, 0.4) is 0 Å². The van der Waals surface area contributed by atoms with Gasteiger partial charge in [0.1, 0.15) is 17.5 Å². The number of benzene rings is 2. The Balaban J connectivity index is 1.67. The summed E-state index contributed by atoms with van der Waals surface area (Å²) in [6.45, 7) is 0.431. The molecule has 124 valence electrons. The second kappa shape index (κ2) is 6.88. The first kappa shape index (κ1) is 16.3. The molecule has 1 fully saturated rings. The molecule has 0 aromatic heterocycles. The van der Waals surface area contributed by atoms with Crippen LogP contribution in [0.5, 0.6) is 11.5 Å². The van der Waals surface area contributed by atoms with Crippen molar-refractivity contribution < 1.29 is 14.6 Å². The van der Waals surface area contributed by atoms with Crippen LogP contribution in [-0.4, -0.2) is 34.2 Å².